The highest BCUT2D eigenvalue weighted by Crippen LogP contribution is 2.00. The fraction of sp³-hybridized carbons (Fsp3) is 0.250. The third-order valence-electron chi connectivity index (χ3n) is 2.11. The maximum atomic E-state index is 12.1. The van der Waals surface area contributed by atoms with E-state index in [9.17, 15) is 8.42 Å². The van der Waals surface area contributed by atoms with Gasteiger partial charge in [-0.05, 0) is 6.92 Å². The van der Waals surface area contributed by atoms with E-state index < -0.39 is 10.2 Å². The van der Waals surface area contributed by atoms with Crippen molar-refractivity contribution in [2.45, 2.75) is 13.8 Å². The SMILES string of the molecule is Cc1nccn1S(=O)(=O)[n+]1cc[nH]c1C. The van der Waals surface area contributed by atoms with Crippen molar-refractivity contribution in [3.63, 3.8) is 0 Å². The van der Waals surface area contributed by atoms with Crippen LogP contribution in [0.5, 0.6) is 0 Å². The Hall–Kier alpha value is -1.63. The number of rotatable bonds is 2. The molecule has 0 aliphatic rings. The lowest BCUT2D eigenvalue weighted by atomic mass is 10.8. The van der Waals surface area contributed by atoms with Gasteiger partial charge in [0.05, 0.1) is 0 Å². The first-order valence-corrected chi connectivity index (χ1v) is 5.75. The van der Waals surface area contributed by atoms with Crippen molar-refractivity contribution in [2.24, 2.45) is 0 Å². The quantitative estimate of drug-likeness (QED) is 0.719. The molecule has 0 aromatic carbocycles. The van der Waals surface area contributed by atoms with Gasteiger partial charge in [-0.1, -0.05) is 0 Å². The predicted molar refractivity (Wildman–Crippen MR) is 52.4 cm³/mol. The Balaban J connectivity index is 2.64. The summed E-state index contributed by atoms with van der Waals surface area (Å²) in [6, 6.07) is 0. The molecule has 7 heteroatoms. The highest BCUT2D eigenvalue weighted by atomic mass is 32.2. The first-order chi connectivity index (χ1) is 7.03. The van der Waals surface area contributed by atoms with Crippen molar-refractivity contribution in [1.29, 1.82) is 0 Å². The topological polar surface area (TPSA) is 71.6 Å². The molecule has 0 amide bonds. The largest absolute Gasteiger partial charge is 0.408 e. The van der Waals surface area contributed by atoms with E-state index in [4.69, 9.17) is 0 Å². The first-order valence-electron chi connectivity index (χ1n) is 4.35. The Morgan fingerprint density at radius 3 is 2.67 bits per heavy atom. The lowest BCUT2D eigenvalue weighted by Crippen LogP contribution is -2.47. The molecular formula is C8H11N4O2S+. The normalized spacial score (nSPS) is 11.9. The lowest BCUT2D eigenvalue weighted by molar-refractivity contribution is -0.518. The van der Waals surface area contributed by atoms with Crippen molar-refractivity contribution in [2.75, 3.05) is 0 Å². The third kappa shape index (κ3) is 1.44. The summed E-state index contributed by atoms with van der Waals surface area (Å²) in [5.41, 5.74) is 0. The third-order valence-corrected chi connectivity index (χ3v) is 3.89. The van der Waals surface area contributed by atoms with Crippen molar-refractivity contribution < 1.29 is 12.4 Å². The Morgan fingerprint density at radius 2 is 2.20 bits per heavy atom. The van der Waals surface area contributed by atoms with Gasteiger partial charge in [0.1, 0.15) is 18.2 Å². The second-order valence-corrected chi connectivity index (χ2v) is 4.80. The molecular weight excluding hydrogens is 216 g/mol. The number of aromatic nitrogens is 4. The van der Waals surface area contributed by atoms with Crippen molar-refractivity contribution in [1.82, 2.24) is 13.9 Å². The van der Waals surface area contributed by atoms with Crippen LogP contribution in [0.2, 0.25) is 0 Å². The molecule has 2 aromatic rings. The second-order valence-electron chi connectivity index (χ2n) is 3.12. The van der Waals surface area contributed by atoms with Crippen LogP contribution in [0.3, 0.4) is 0 Å². The molecule has 0 atom stereocenters. The molecule has 2 heterocycles. The average molecular weight is 227 g/mol. The van der Waals surface area contributed by atoms with Gasteiger partial charge in [-0.3, -0.25) is 0 Å². The number of aromatic amines is 1. The molecule has 0 aliphatic heterocycles. The number of imidazole rings is 2. The van der Waals surface area contributed by atoms with Crippen LogP contribution in [0, 0.1) is 13.8 Å². The maximum absolute atomic E-state index is 12.1. The number of nitrogens with one attached hydrogen (secondary N) is 1. The van der Waals surface area contributed by atoms with Crippen LogP contribution in [0.4, 0.5) is 0 Å². The molecule has 0 spiro atoms. The molecule has 0 saturated carbocycles. The molecule has 0 saturated heterocycles. The molecule has 0 bridgehead atoms. The average Bonchev–Trinajstić information content (AvgIpc) is 2.73. The minimum Gasteiger partial charge on any atom is -0.247 e. The number of hydrogen-bond donors (Lipinski definition) is 1. The summed E-state index contributed by atoms with van der Waals surface area (Å²) in [5, 5.41) is 0. The number of H-pyrrole nitrogens is 1. The highest BCUT2D eigenvalue weighted by molar-refractivity contribution is 7.83. The Morgan fingerprint density at radius 1 is 1.47 bits per heavy atom. The van der Waals surface area contributed by atoms with E-state index in [0.717, 1.165) is 3.97 Å². The summed E-state index contributed by atoms with van der Waals surface area (Å²) in [5.74, 6) is 0.978. The van der Waals surface area contributed by atoms with Crippen molar-refractivity contribution in [3.8, 4) is 0 Å². The summed E-state index contributed by atoms with van der Waals surface area (Å²) in [4.78, 5) is 6.69. The van der Waals surface area contributed by atoms with Crippen LogP contribution in [-0.4, -0.2) is 22.4 Å². The molecule has 6 nitrogen and oxygen atoms in total. The second kappa shape index (κ2) is 3.20. The van der Waals surface area contributed by atoms with E-state index in [1.807, 2.05) is 0 Å². The molecule has 1 N–H and O–H groups in total. The van der Waals surface area contributed by atoms with Gasteiger partial charge in [0, 0.05) is 19.3 Å². The lowest BCUT2D eigenvalue weighted by Gasteiger charge is -2.02. The van der Waals surface area contributed by atoms with Crippen LogP contribution in [-0.2, 0) is 10.2 Å². The Bertz CT molecular complexity index is 535. The number of aryl methyl sites for hydroxylation is 2. The van der Waals surface area contributed by atoms with Crippen molar-refractivity contribution in [3.05, 3.63) is 36.4 Å². The van der Waals surface area contributed by atoms with Crippen LogP contribution in [0.25, 0.3) is 0 Å². The van der Waals surface area contributed by atoms with Gasteiger partial charge in [0.15, 0.2) is 0 Å². The number of hydrogen-bond acceptors (Lipinski definition) is 3. The van der Waals surface area contributed by atoms with Gasteiger partial charge < -0.3 is 0 Å². The zero-order valence-corrected chi connectivity index (χ0v) is 9.19. The van der Waals surface area contributed by atoms with E-state index in [2.05, 4.69) is 9.97 Å². The number of nitrogens with zero attached hydrogens (tertiary/aromatic N) is 3. The Labute approximate surface area is 87.4 Å². The summed E-state index contributed by atoms with van der Waals surface area (Å²) in [6.07, 6.45) is 5.91. The van der Waals surface area contributed by atoms with E-state index in [0.29, 0.717) is 11.6 Å². The smallest absolute Gasteiger partial charge is 0.247 e. The van der Waals surface area contributed by atoms with Crippen LogP contribution in [0.1, 0.15) is 11.6 Å². The zero-order chi connectivity index (χ0) is 11.1. The van der Waals surface area contributed by atoms with Crippen LogP contribution in [0.15, 0.2) is 24.8 Å². The van der Waals surface area contributed by atoms with Crippen molar-refractivity contribution >= 4 is 10.2 Å². The predicted octanol–water partition coefficient (Wildman–Crippen LogP) is -0.243. The van der Waals surface area contributed by atoms with E-state index in [1.54, 1.807) is 20.0 Å². The van der Waals surface area contributed by atoms with E-state index in [-0.39, 0.29) is 0 Å². The monoisotopic (exact) mass is 227 g/mol. The highest BCUT2D eigenvalue weighted by Gasteiger charge is 2.25. The van der Waals surface area contributed by atoms with Gasteiger partial charge in [-0.25, -0.2) is 9.97 Å². The summed E-state index contributed by atoms with van der Waals surface area (Å²) in [6.45, 7) is 3.32. The van der Waals surface area contributed by atoms with Crippen LogP contribution >= 0.6 is 0 Å². The molecule has 0 unspecified atom stereocenters. The molecule has 0 aliphatic carbocycles. The van der Waals surface area contributed by atoms with Crippen LogP contribution < -0.4 is 3.97 Å². The molecule has 0 fully saturated rings. The van der Waals surface area contributed by atoms with Gasteiger partial charge in [0.25, 0.3) is 5.82 Å². The zero-order valence-electron chi connectivity index (χ0n) is 8.38. The molecule has 0 radical (unpaired) electrons. The molecule has 2 aromatic heterocycles. The minimum atomic E-state index is -3.57. The van der Waals surface area contributed by atoms with Gasteiger partial charge >= 0.3 is 10.2 Å². The van der Waals surface area contributed by atoms with Gasteiger partial charge in [-0.15, -0.1) is 3.97 Å². The standard InChI is InChI=1S/C8H10N4O2S/c1-7-9-3-5-11(7)15(13,14)12-6-4-10-8(12)2/h3-6H,1-2H3/p+1. The van der Waals surface area contributed by atoms with Gasteiger partial charge in [0.2, 0.25) is 0 Å². The summed E-state index contributed by atoms with van der Waals surface area (Å²) in [7, 11) is -3.57. The molecule has 15 heavy (non-hydrogen) atoms. The van der Waals surface area contributed by atoms with E-state index in [1.165, 1.54) is 22.6 Å². The fourth-order valence-corrected chi connectivity index (χ4v) is 2.75. The summed E-state index contributed by atoms with van der Waals surface area (Å²) < 4.78 is 26.4. The Kier molecular flexibility index (Phi) is 2.11. The summed E-state index contributed by atoms with van der Waals surface area (Å²) >= 11 is 0. The van der Waals surface area contributed by atoms with E-state index >= 15 is 0 Å². The van der Waals surface area contributed by atoms with Gasteiger partial charge in [-0.2, -0.15) is 12.4 Å². The molecule has 2 rings (SSSR count). The maximum Gasteiger partial charge on any atom is 0.408 e. The molecule has 80 valence electrons. The first kappa shape index (κ1) is 9.91. The minimum absolute atomic E-state index is 0.433. The fourth-order valence-electron chi connectivity index (χ4n) is 1.36.